The molecule has 1 atom stereocenters. The Hall–Kier alpha value is -2.53. The van der Waals surface area contributed by atoms with Gasteiger partial charge >= 0.3 is 0 Å². The molecule has 1 N–H and O–H groups in total. The molecule has 0 heterocycles. The number of amides is 2. The lowest BCUT2D eigenvalue weighted by molar-refractivity contribution is -0.141. The number of hydrogen-bond acceptors (Lipinski definition) is 2. The monoisotopic (exact) mass is 516 g/mol. The highest BCUT2D eigenvalue weighted by molar-refractivity contribution is 6.35. The van der Waals surface area contributed by atoms with E-state index in [0.717, 1.165) is 16.7 Å². The summed E-state index contributed by atoms with van der Waals surface area (Å²) in [6.45, 7) is 2.51. The summed E-state index contributed by atoms with van der Waals surface area (Å²) in [4.78, 5) is 28.4. The molecule has 3 aromatic rings. The number of rotatable bonds is 10. The van der Waals surface area contributed by atoms with E-state index in [-0.39, 0.29) is 24.8 Å². The Kier molecular flexibility index (Phi) is 9.82. The molecule has 0 aliphatic heterocycles. The maximum absolute atomic E-state index is 13.6. The van der Waals surface area contributed by atoms with E-state index in [1.807, 2.05) is 55.5 Å². The van der Waals surface area contributed by atoms with E-state index in [4.69, 9.17) is 34.8 Å². The molecule has 0 radical (unpaired) electrons. The fourth-order valence-corrected chi connectivity index (χ4v) is 4.46. The van der Waals surface area contributed by atoms with Gasteiger partial charge in [-0.05, 0) is 48.2 Å². The molecule has 0 aliphatic rings. The van der Waals surface area contributed by atoms with E-state index in [0.29, 0.717) is 34.5 Å². The lowest BCUT2D eigenvalue weighted by Gasteiger charge is -2.32. The fourth-order valence-electron chi connectivity index (χ4n) is 3.77. The molecule has 0 spiro atoms. The first kappa shape index (κ1) is 26.1. The third kappa shape index (κ3) is 7.23. The molecule has 0 saturated heterocycles. The molecule has 0 bridgehead atoms. The molecule has 34 heavy (non-hydrogen) atoms. The number of halogens is 3. The Balaban J connectivity index is 1.93. The van der Waals surface area contributed by atoms with Gasteiger partial charge in [-0.1, -0.05) is 89.4 Å². The number of nitrogens with one attached hydrogen (secondary N) is 1. The Bertz CT molecular complexity index is 1120. The molecule has 178 valence electrons. The highest BCUT2D eigenvalue weighted by atomic mass is 35.5. The van der Waals surface area contributed by atoms with Crippen LogP contribution in [0.3, 0.4) is 0 Å². The molecular formula is C27H27Cl3N2O2. The standard InChI is InChI=1S/C27H27Cl3N2O2/c1-2-31-27(34)25(16-19-8-4-3-5-9-19)32(18-21-12-14-22(28)17-24(21)30)26(33)15-13-20-10-6-7-11-23(20)29/h3-12,14,17,25H,2,13,15-16,18H2,1H3,(H,31,34)/t25-/m1/s1. The molecule has 0 aromatic heterocycles. The minimum absolute atomic E-state index is 0.155. The van der Waals surface area contributed by atoms with Gasteiger partial charge < -0.3 is 10.2 Å². The quantitative estimate of drug-likeness (QED) is 0.340. The van der Waals surface area contributed by atoms with E-state index in [1.54, 1.807) is 29.2 Å². The first-order valence-electron chi connectivity index (χ1n) is 11.2. The van der Waals surface area contributed by atoms with Gasteiger partial charge in [-0.2, -0.15) is 0 Å². The predicted molar refractivity (Wildman–Crippen MR) is 139 cm³/mol. The SMILES string of the molecule is CCNC(=O)[C@@H](Cc1ccccc1)N(Cc1ccc(Cl)cc1Cl)C(=O)CCc1ccccc1Cl. The average molecular weight is 518 g/mol. The third-order valence-electron chi connectivity index (χ3n) is 5.54. The summed E-state index contributed by atoms with van der Waals surface area (Å²) in [5.41, 5.74) is 2.57. The normalized spacial score (nSPS) is 11.6. The van der Waals surface area contributed by atoms with Crippen LogP contribution in [0.4, 0.5) is 0 Å². The first-order chi connectivity index (χ1) is 16.4. The number of nitrogens with zero attached hydrogens (tertiary/aromatic N) is 1. The maximum Gasteiger partial charge on any atom is 0.243 e. The molecule has 2 amide bonds. The van der Waals surface area contributed by atoms with Crippen LogP contribution in [0.15, 0.2) is 72.8 Å². The van der Waals surface area contributed by atoms with Crippen molar-refractivity contribution in [2.45, 2.75) is 38.8 Å². The van der Waals surface area contributed by atoms with Gasteiger partial charge in [0.25, 0.3) is 0 Å². The minimum Gasteiger partial charge on any atom is -0.355 e. The van der Waals surface area contributed by atoms with Crippen LogP contribution in [0.25, 0.3) is 0 Å². The second-order valence-electron chi connectivity index (χ2n) is 7.95. The second kappa shape index (κ2) is 12.8. The lowest BCUT2D eigenvalue weighted by atomic mass is 10.0. The summed E-state index contributed by atoms with van der Waals surface area (Å²) in [5, 5.41) is 4.46. The zero-order chi connectivity index (χ0) is 24.5. The predicted octanol–water partition coefficient (Wildman–Crippen LogP) is 6.36. The third-order valence-corrected chi connectivity index (χ3v) is 6.50. The van der Waals surface area contributed by atoms with Crippen LogP contribution in [-0.4, -0.2) is 29.3 Å². The van der Waals surface area contributed by atoms with Gasteiger partial charge in [0.05, 0.1) is 0 Å². The Morgan fingerprint density at radius 1 is 0.882 bits per heavy atom. The molecular weight excluding hydrogens is 491 g/mol. The van der Waals surface area contributed by atoms with Crippen LogP contribution < -0.4 is 5.32 Å². The van der Waals surface area contributed by atoms with E-state index in [2.05, 4.69) is 5.32 Å². The van der Waals surface area contributed by atoms with Crippen molar-refractivity contribution in [2.24, 2.45) is 0 Å². The number of likely N-dealkylation sites (N-methyl/N-ethyl adjacent to an activating group) is 1. The highest BCUT2D eigenvalue weighted by Crippen LogP contribution is 2.25. The van der Waals surface area contributed by atoms with Crippen molar-refractivity contribution in [1.82, 2.24) is 10.2 Å². The van der Waals surface area contributed by atoms with Crippen molar-refractivity contribution < 1.29 is 9.59 Å². The number of benzene rings is 3. The maximum atomic E-state index is 13.6. The fraction of sp³-hybridized carbons (Fsp3) is 0.259. The van der Waals surface area contributed by atoms with Crippen LogP contribution >= 0.6 is 34.8 Å². The van der Waals surface area contributed by atoms with Crippen molar-refractivity contribution >= 4 is 46.6 Å². The average Bonchev–Trinajstić information content (AvgIpc) is 2.82. The molecule has 4 nitrogen and oxygen atoms in total. The minimum atomic E-state index is -0.701. The second-order valence-corrected chi connectivity index (χ2v) is 9.20. The molecule has 7 heteroatoms. The van der Waals surface area contributed by atoms with Crippen LogP contribution in [0.1, 0.15) is 30.0 Å². The highest BCUT2D eigenvalue weighted by Gasteiger charge is 2.30. The van der Waals surface area contributed by atoms with E-state index >= 15 is 0 Å². The molecule has 0 unspecified atom stereocenters. The first-order valence-corrected chi connectivity index (χ1v) is 12.3. The molecule has 3 rings (SSSR count). The van der Waals surface area contributed by atoms with Crippen LogP contribution in [-0.2, 0) is 29.0 Å². The van der Waals surface area contributed by atoms with Crippen LogP contribution in [0.2, 0.25) is 15.1 Å². The van der Waals surface area contributed by atoms with Gasteiger partial charge in [-0.15, -0.1) is 0 Å². The molecule has 0 fully saturated rings. The zero-order valence-corrected chi connectivity index (χ0v) is 21.2. The van der Waals surface area contributed by atoms with Gasteiger partial charge in [0.15, 0.2) is 0 Å². The number of hydrogen-bond donors (Lipinski definition) is 1. The largest absolute Gasteiger partial charge is 0.355 e. The van der Waals surface area contributed by atoms with Crippen molar-refractivity contribution in [3.8, 4) is 0 Å². The Morgan fingerprint density at radius 2 is 1.59 bits per heavy atom. The van der Waals surface area contributed by atoms with Crippen molar-refractivity contribution in [2.75, 3.05) is 6.54 Å². The smallest absolute Gasteiger partial charge is 0.243 e. The van der Waals surface area contributed by atoms with Crippen LogP contribution in [0, 0.1) is 0 Å². The summed E-state index contributed by atoms with van der Waals surface area (Å²) >= 11 is 18.8. The Morgan fingerprint density at radius 3 is 2.26 bits per heavy atom. The zero-order valence-electron chi connectivity index (χ0n) is 18.9. The topological polar surface area (TPSA) is 49.4 Å². The van der Waals surface area contributed by atoms with Crippen LogP contribution in [0.5, 0.6) is 0 Å². The number of carbonyl (C=O) groups excluding carboxylic acids is 2. The number of carbonyl (C=O) groups is 2. The summed E-state index contributed by atoms with van der Waals surface area (Å²) < 4.78 is 0. The van der Waals surface area contributed by atoms with Crippen molar-refractivity contribution in [3.05, 3.63) is 105 Å². The molecule has 3 aromatic carbocycles. The lowest BCUT2D eigenvalue weighted by Crippen LogP contribution is -2.50. The molecule has 0 saturated carbocycles. The molecule has 0 aliphatic carbocycles. The summed E-state index contributed by atoms with van der Waals surface area (Å²) in [6, 6.07) is 21.6. The van der Waals surface area contributed by atoms with Crippen molar-refractivity contribution in [3.63, 3.8) is 0 Å². The van der Waals surface area contributed by atoms with E-state index in [1.165, 1.54) is 0 Å². The number of aryl methyl sites for hydroxylation is 1. The van der Waals surface area contributed by atoms with E-state index < -0.39 is 6.04 Å². The summed E-state index contributed by atoms with van der Waals surface area (Å²) in [7, 11) is 0. The van der Waals surface area contributed by atoms with Gasteiger partial charge in [-0.25, -0.2) is 0 Å². The summed E-state index contributed by atoms with van der Waals surface area (Å²) in [6.07, 6.45) is 1.06. The van der Waals surface area contributed by atoms with Gasteiger partial charge in [0.2, 0.25) is 11.8 Å². The van der Waals surface area contributed by atoms with Gasteiger partial charge in [0.1, 0.15) is 6.04 Å². The van der Waals surface area contributed by atoms with Gasteiger partial charge in [-0.3, -0.25) is 9.59 Å². The van der Waals surface area contributed by atoms with E-state index in [9.17, 15) is 9.59 Å². The van der Waals surface area contributed by atoms with Gasteiger partial charge in [0, 0.05) is 41.0 Å². The van der Waals surface area contributed by atoms with Crippen molar-refractivity contribution in [1.29, 1.82) is 0 Å². The summed E-state index contributed by atoms with van der Waals surface area (Å²) in [5.74, 6) is -0.361. The Labute approximate surface area is 215 Å².